The lowest BCUT2D eigenvalue weighted by Gasteiger charge is -2.26. The highest BCUT2D eigenvalue weighted by Crippen LogP contribution is 2.36. The van der Waals surface area contributed by atoms with Gasteiger partial charge in [-0.15, -0.1) is 11.8 Å². The minimum atomic E-state index is 0.371. The summed E-state index contributed by atoms with van der Waals surface area (Å²) < 4.78 is 5.85. The van der Waals surface area contributed by atoms with Crippen molar-refractivity contribution in [1.29, 1.82) is 0 Å². The van der Waals surface area contributed by atoms with Crippen LogP contribution in [0.2, 0.25) is 0 Å². The van der Waals surface area contributed by atoms with Gasteiger partial charge in [0.1, 0.15) is 0 Å². The summed E-state index contributed by atoms with van der Waals surface area (Å²) in [6.45, 7) is 7.91. The predicted molar refractivity (Wildman–Crippen MR) is 63.7 cm³/mol. The molecule has 1 rings (SSSR count). The van der Waals surface area contributed by atoms with Gasteiger partial charge in [0.05, 0.1) is 6.10 Å². The highest BCUT2D eigenvalue weighted by atomic mass is 16.5. The first-order chi connectivity index (χ1) is 7.33. The standard InChI is InChI=1S/C13H23NO/c1-4-7-8-12(14-5-2)13(15-6-3)11-9-10-11/h11-14H,5-6,8-10H2,1-3H3. The summed E-state index contributed by atoms with van der Waals surface area (Å²) in [5.41, 5.74) is 0. The Morgan fingerprint density at radius 3 is 2.60 bits per heavy atom. The fourth-order valence-corrected chi connectivity index (χ4v) is 1.98. The predicted octanol–water partition coefficient (Wildman–Crippen LogP) is 2.19. The molecule has 0 spiro atoms. The van der Waals surface area contributed by atoms with Crippen LogP contribution in [-0.2, 0) is 4.74 Å². The molecule has 2 atom stereocenters. The molecule has 1 N–H and O–H groups in total. The zero-order chi connectivity index (χ0) is 11.1. The van der Waals surface area contributed by atoms with Crippen LogP contribution in [-0.4, -0.2) is 25.3 Å². The maximum Gasteiger partial charge on any atom is 0.0765 e. The highest BCUT2D eigenvalue weighted by molar-refractivity contribution is 5.02. The second-order valence-electron chi connectivity index (χ2n) is 4.05. The molecule has 0 amide bonds. The van der Waals surface area contributed by atoms with E-state index in [2.05, 4.69) is 31.0 Å². The van der Waals surface area contributed by atoms with E-state index in [9.17, 15) is 0 Å². The van der Waals surface area contributed by atoms with Gasteiger partial charge in [0.15, 0.2) is 0 Å². The number of nitrogens with one attached hydrogen (secondary N) is 1. The summed E-state index contributed by atoms with van der Waals surface area (Å²) in [5.74, 6) is 6.90. The molecule has 0 radical (unpaired) electrons. The molecule has 0 bridgehead atoms. The molecular formula is C13H23NO. The first-order valence-electron chi connectivity index (χ1n) is 6.08. The molecule has 0 saturated heterocycles. The Hall–Kier alpha value is -0.520. The van der Waals surface area contributed by atoms with Crippen molar-refractivity contribution in [2.24, 2.45) is 5.92 Å². The van der Waals surface area contributed by atoms with Crippen molar-refractivity contribution in [1.82, 2.24) is 5.32 Å². The second kappa shape index (κ2) is 6.87. The Kier molecular flexibility index (Phi) is 5.75. The van der Waals surface area contributed by atoms with E-state index in [4.69, 9.17) is 4.74 Å². The number of ether oxygens (including phenoxy) is 1. The zero-order valence-corrected chi connectivity index (χ0v) is 10.2. The molecule has 86 valence electrons. The average Bonchev–Trinajstić information content (AvgIpc) is 3.05. The number of rotatable bonds is 7. The van der Waals surface area contributed by atoms with Crippen LogP contribution in [0.25, 0.3) is 0 Å². The van der Waals surface area contributed by atoms with E-state index in [1.165, 1.54) is 12.8 Å². The van der Waals surface area contributed by atoms with Crippen LogP contribution in [0.3, 0.4) is 0 Å². The molecule has 0 aromatic rings. The lowest BCUT2D eigenvalue weighted by Crippen LogP contribution is -2.42. The SMILES string of the molecule is CC#CCC(NCC)C(OCC)C1CC1. The van der Waals surface area contributed by atoms with Crippen molar-refractivity contribution in [3.63, 3.8) is 0 Å². The van der Waals surface area contributed by atoms with Crippen LogP contribution in [0.5, 0.6) is 0 Å². The van der Waals surface area contributed by atoms with E-state index in [1.54, 1.807) is 0 Å². The maximum atomic E-state index is 5.85. The number of likely N-dealkylation sites (N-methyl/N-ethyl adjacent to an activating group) is 1. The molecule has 2 heteroatoms. The fraction of sp³-hybridized carbons (Fsp3) is 0.846. The molecule has 2 nitrogen and oxygen atoms in total. The minimum absolute atomic E-state index is 0.371. The molecule has 2 unspecified atom stereocenters. The Morgan fingerprint density at radius 1 is 1.40 bits per heavy atom. The summed E-state index contributed by atoms with van der Waals surface area (Å²) in [7, 11) is 0. The van der Waals surface area contributed by atoms with E-state index in [1.807, 2.05) is 6.92 Å². The van der Waals surface area contributed by atoms with Crippen molar-refractivity contribution in [2.45, 2.75) is 52.2 Å². The van der Waals surface area contributed by atoms with Crippen molar-refractivity contribution in [2.75, 3.05) is 13.2 Å². The van der Waals surface area contributed by atoms with Gasteiger partial charge in [-0.3, -0.25) is 0 Å². The molecular weight excluding hydrogens is 186 g/mol. The van der Waals surface area contributed by atoms with Crippen LogP contribution < -0.4 is 5.32 Å². The van der Waals surface area contributed by atoms with Gasteiger partial charge in [0.25, 0.3) is 0 Å². The minimum Gasteiger partial charge on any atom is -0.377 e. The highest BCUT2D eigenvalue weighted by Gasteiger charge is 2.36. The molecule has 0 aliphatic heterocycles. The summed E-state index contributed by atoms with van der Waals surface area (Å²) >= 11 is 0. The van der Waals surface area contributed by atoms with Crippen molar-refractivity contribution in [3.8, 4) is 11.8 Å². The van der Waals surface area contributed by atoms with E-state index in [0.29, 0.717) is 12.1 Å². The van der Waals surface area contributed by atoms with Crippen molar-refractivity contribution in [3.05, 3.63) is 0 Å². The zero-order valence-electron chi connectivity index (χ0n) is 10.2. The maximum absolute atomic E-state index is 5.85. The molecule has 1 aliphatic carbocycles. The van der Waals surface area contributed by atoms with Gasteiger partial charge in [-0.2, -0.15) is 0 Å². The third-order valence-corrected chi connectivity index (χ3v) is 2.81. The lowest BCUT2D eigenvalue weighted by atomic mass is 10.0. The quantitative estimate of drug-likeness (QED) is 0.649. The normalized spacial score (nSPS) is 19.1. The van der Waals surface area contributed by atoms with E-state index < -0.39 is 0 Å². The summed E-state index contributed by atoms with van der Waals surface area (Å²) in [5, 5.41) is 3.50. The lowest BCUT2D eigenvalue weighted by molar-refractivity contribution is 0.0208. The van der Waals surface area contributed by atoms with Gasteiger partial charge in [-0.05, 0) is 39.2 Å². The third-order valence-electron chi connectivity index (χ3n) is 2.81. The van der Waals surface area contributed by atoms with E-state index in [-0.39, 0.29) is 0 Å². The molecule has 15 heavy (non-hydrogen) atoms. The van der Waals surface area contributed by atoms with Crippen LogP contribution in [0, 0.1) is 17.8 Å². The van der Waals surface area contributed by atoms with Gasteiger partial charge in [-0.25, -0.2) is 0 Å². The van der Waals surface area contributed by atoms with Gasteiger partial charge in [0, 0.05) is 19.1 Å². The fourth-order valence-electron chi connectivity index (χ4n) is 1.98. The molecule has 1 aliphatic rings. The van der Waals surface area contributed by atoms with E-state index >= 15 is 0 Å². The average molecular weight is 209 g/mol. The topological polar surface area (TPSA) is 21.3 Å². The summed E-state index contributed by atoms with van der Waals surface area (Å²) in [4.78, 5) is 0. The first-order valence-corrected chi connectivity index (χ1v) is 6.08. The Morgan fingerprint density at radius 2 is 2.13 bits per heavy atom. The second-order valence-corrected chi connectivity index (χ2v) is 4.05. The Labute approximate surface area is 93.8 Å². The van der Waals surface area contributed by atoms with Gasteiger partial charge < -0.3 is 10.1 Å². The van der Waals surface area contributed by atoms with Crippen molar-refractivity contribution >= 4 is 0 Å². The van der Waals surface area contributed by atoms with Gasteiger partial charge in [-0.1, -0.05) is 6.92 Å². The van der Waals surface area contributed by atoms with Crippen LogP contribution in [0.1, 0.15) is 40.0 Å². The molecule has 0 aromatic carbocycles. The first kappa shape index (κ1) is 12.5. The smallest absolute Gasteiger partial charge is 0.0765 e. The third kappa shape index (κ3) is 4.24. The summed E-state index contributed by atoms with van der Waals surface area (Å²) in [6.07, 6.45) is 3.93. The van der Waals surface area contributed by atoms with Gasteiger partial charge >= 0.3 is 0 Å². The molecule has 0 heterocycles. The van der Waals surface area contributed by atoms with Crippen LogP contribution in [0.4, 0.5) is 0 Å². The van der Waals surface area contributed by atoms with Crippen molar-refractivity contribution < 1.29 is 4.74 Å². The molecule has 1 saturated carbocycles. The number of hydrogen-bond acceptors (Lipinski definition) is 2. The number of hydrogen-bond donors (Lipinski definition) is 1. The van der Waals surface area contributed by atoms with Gasteiger partial charge in [0.2, 0.25) is 0 Å². The monoisotopic (exact) mass is 209 g/mol. The van der Waals surface area contributed by atoms with E-state index in [0.717, 1.165) is 25.5 Å². The largest absolute Gasteiger partial charge is 0.377 e. The Bertz CT molecular complexity index is 224. The Balaban J connectivity index is 2.50. The van der Waals surface area contributed by atoms with Crippen LogP contribution in [0.15, 0.2) is 0 Å². The molecule has 0 aromatic heterocycles. The van der Waals surface area contributed by atoms with Crippen LogP contribution >= 0.6 is 0 Å². The molecule has 1 fully saturated rings. The summed E-state index contributed by atoms with van der Waals surface area (Å²) in [6, 6.07) is 0.412.